The highest BCUT2D eigenvalue weighted by Crippen LogP contribution is 2.35. The Bertz CT molecular complexity index is 717. The van der Waals surface area contributed by atoms with E-state index in [0.717, 1.165) is 20.6 Å². The fourth-order valence-corrected chi connectivity index (χ4v) is 3.35. The Kier molecular flexibility index (Phi) is 4.17. The van der Waals surface area contributed by atoms with E-state index in [1.807, 2.05) is 12.1 Å². The summed E-state index contributed by atoms with van der Waals surface area (Å²) in [4.78, 5) is 5.22. The molecule has 100 valence electrons. The van der Waals surface area contributed by atoms with Crippen molar-refractivity contribution in [2.24, 2.45) is 0 Å². The smallest absolute Gasteiger partial charge is 0.175 e. The molecule has 0 radical (unpaired) electrons. The van der Waals surface area contributed by atoms with Gasteiger partial charge in [0, 0.05) is 23.0 Å². The highest BCUT2D eigenvalue weighted by Gasteiger charge is 2.11. The van der Waals surface area contributed by atoms with E-state index in [1.165, 1.54) is 17.8 Å². The molecule has 0 atom stereocenters. The molecule has 7 heteroatoms. The van der Waals surface area contributed by atoms with Gasteiger partial charge in [0.15, 0.2) is 9.84 Å². The number of nitrogen functional groups attached to an aromatic ring is 1. The molecule has 0 aliphatic rings. The van der Waals surface area contributed by atoms with Crippen molar-refractivity contribution in [1.82, 2.24) is 4.98 Å². The predicted molar refractivity (Wildman–Crippen MR) is 80.0 cm³/mol. The molecule has 0 fully saturated rings. The highest BCUT2D eigenvalue weighted by molar-refractivity contribution is 9.10. The van der Waals surface area contributed by atoms with Gasteiger partial charge in [-0.1, -0.05) is 11.8 Å². The van der Waals surface area contributed by atoms with Gasteiger partial charge in [0.25, 0.3) is 0 Å². The molecule has 0 aliphatic carbocycles. The topological polar surface area (TPSA) is 73.0 Å². The summed E-state index contributed by atoms with van der Waals surface area (Å²) in [6.45, 7) is 0. The highest BCUT2D eigenvalue weighted by atomic mass is 79.9. The van der Waals surface area contributed by atoms with Crippen LogP contribution in [-0.4, -0.2) is 19.7 Å². The van der Waals surface area contributed by atoms with Crippen molar-refractivity contribution >= 4 is 43.2 Å². The maximum absolute atomic E-state index is 11.4. The Morgan fingerprint density at radius 2 is 2.05 bits per heavy atom. The molecule has 0 saturated heterocycles. The molecule has 0 saturated carbocycles. The van der Waals surface area contributed by atoms with Crippen LogP contribution < -0.4 is 5.73 Å². The Labute approximate surface area is 124 Å². The fourth-order valence-electron chi connectivity index (χ4n) is 1.40. The summed E-state index contributed by atoms with van der Waals surface area (Å²) in [5.74, 6) is 0. The lowest BCUT2D eigenvalue weighted by molar-refractivity contribution is 0.602. The van der Waals surface area contributed by atoms with E-state index in [9.17, 15) is 8.42 Å². The number of hydrogen-bond acceptors (Lipinski definition) is 5. The fraction of sp³-hybridized carbons (Fsp3) is 0.0833. The maximum Gasteiger partial charge on any atom is 0.175 e. The summed E-state index contributed by atoms with van der Waals surface area (Å²) in [6.07, 6.45) is 2.85. The number of hydrogen-bond donors (Lipinski definition) is 1. The quantitative estimate of drug-likeness (QED) is 0.853. The predicted octanol–water partition coefficient (Wildman–Crippen LogP) is 2.98. The molecule has 19 heavy (non-hydrogen) atoms. The van der Waals surface area contributed by atoms with Gasteiger partial charge in [-0.15, -0.1) is 0 Å². The molecule has 2 aromatic rings. The third kappa shape index (κ3) is 3.49. The molecule has 4 nitrogen and oxygen atoms in total. The second-order valence-corrected chi connectivity index (χ2v) is 7.76. The van der Waals surface area contributed by atoms with Gasteiger partial charge in [-0.3, -0.25) is 0 Å². The van der Waals surface area contributed by atoms with Crippen molar-refractivity contribution in [1.29, 1.82) is 0 Å². The number of nitrogens with two attached hydrogens (primary N) is 1. The van der Waals surface area contributed by atoms with E-state index in [-0.39, 0.29) is 4.90 Å². The van der Waals surface area contributed by atoms with Gasteiger partial charge in [0.05, 0.1) is 9.37 Å². The number of aromatic nitrogens is 1. The van der Waals surface area contributed by atoms with Gasteiger partial charge in [-0.25, -0.2) is 13.4 Å². The lowest BCUT2D eigenvalue weighted by atomic mass is 10.3. The first-order valence-electron chi connectivity index (χ1n) is 5.26. The largest absolute Gasteiger partial charge is 0.398 e. The van der Waals surface area contributed by atoms with Crippen LogP contribution in [0.25, 0.3) is 0 Å². The zero-order valence-electron chi connectivity index (χ0n) is 10.00. The minimum absolute atomic E-state index is 0.217. The van der Waals surface area contributed by atoms with Crippen molar-refractivity contribution in [2.75, 3.05) is 12.0 Å². The van der Waals surface area contributed by atoms with Crippen LogP contribution in [0.4, 0.5) is 5.69 Å². The van der Waals surface area contributed by atoms with Crippen LogP contribution in [0, 0.1) is 0 Å². The Morgan fingerprint density at radius 1 is 1.32 bits per heavy atom. The van der Waals surface area contributed by atoms with Gasteiger partial charge < -0.3 is 5.73 Å². The molecule has 0 aliphatic heterocycles. The Morgan fingerprint density at radius 3 is 2.63 bits per heavy atom. The van der Waals surface area contributed by atoms with Crippen molar-refractivity contribution in [3.8, 4) is 0 Å². The van der Waals surface area contributed by atoms with Gasteiger partial charge in [-0.05, 0) is 46.3 Å². The molecule has 0 amide bonds. The molecule has 1 aromatic carbocycles. The van der Waals surface area contributed by atoms with Gasteiger partial charge in [-0.2, -0.15) is 0 Å². The van der Waals surface area contributed by atoms with Crippen LogP contribution >= 0.6 is 27.7 Å². The summed E-state index contributed by atoms with van der Waals surface area (Å²) < 4.78 is 23.7. The molecule has 2 N–H and O–H groups in total. The first-order valence-corrected chi connectivity index (χ1v) is 8.76. The molecular weight excluding hydrogens is 348 g/mol. The second-order valence-electron chi connectivity index (χ2n) is 3.86. The minimum Gasteiger partial charge on any atom is -0.398 e. The number of pyridine rings is 1. The normalized spacial score (nSPS) is 11.5. The van der Waals surface area contributed by atoms with Gasteiger partial charge >= 0.3 is 0 Å². The first kappa shape index (κ1) is 14.4. The van der Waals surface area contributed by atoms with Crippen LogP contribution in [0.1, 0.15) is 0 Å². The summed E-state index contributed by atoms with van der Waals surface area (Å²) >= 11 is 4.79. The van der Waals surface area contributed by atoms with Crippen LogP contribution in [0.15, 0.2) is 55.8 Å². The second kappa shape index (κ2) is 5.52. The van der Waals surface area contributed by atoms with Crippen LogP contribution in [0.2, 0.25) is 0 Å². The van der Waals surface area contributed by atoms with Crippen LogP contribution in [-0.2, 0) is 9.84 Å². The third-order valence-corrected chi connectivity index (χ3v) is 5.46. The van der Waals surface area contributed by atoms with Crippen molar-refractivity contribution < 1.29 is 8.42 Å². The number of rotatable bonds is 3. The number of anilines is 1. The standard InChI is InChI=1S/C12H11BrN2O2S2/c1-19(16,17)8-4-5-11(10(14)7-8)18-12-9(13)3-2-6-15-12/h2-7H,14H2,1H3. The summed E-state index contributed by atoms with van der Waals surface area (Å²) in [6, 6.07) is 8.41. The van der Waals surface area contributed by atoms with Gasteiger partial charge in [0.2, 0.25) is 0 Å². The molecule has 2 rings (SSSR count). The SMILES string of the molecule is CS(=O)(=O)c1ccc(Sc2ncccc2Br)c(N)c1. The average molecular weight is 359 g/mol. The van der Waals surface area contributed by atoms with E-state index in [1.54, 1.807) is 18.3 Å². The molecule has 1 aromatic heterocycles. The van der Waals surface area contributed by atoms with Crippen LogP contribution in [0.5, 0.6) is 0 Å². The lowest BCUT2D eigenvalue weighted by Crippen LogP contribution is -1.99. The number of sulfone groups is 1. The van der Waals surface area contributed by atoms with E-state index in [4.69, 9.17) is 5.73 Å². The molecule has 0 spiro atoms. The zero-order chi connectivity index (χ0) is 14.0. The molecule has 1 heterocycles. The number of halogens is 1. The number of nitrogens with zero attached hydrogens (tertiary/aromatic N) is 1. The minimum atomic E-state index is -3.24. The third-order valence-electron chi connectivity index (χ3n) is 2.34. The van der Waals surface area contributed by atoms with E-state index in [2.05, 4.69) is 20.9 Å². The van der Waals surface area contributed by atoms with E-state index >= 15 is 0 Å². The Hall–Kier alpha value is -1.05. The summed E-state index contributed by atoms with van der Waals surface area (Å²) in [5, 5.41) is 0.779. The Balaban J connectivity index is 2.36. The van der Waals surface area contributed by atoms with Crippen LogP contribution in [0.3, 0.4) is 0 Å². The van der Waals surface area contributed by atoms with Crippen molar-refractivity contribution in [3.63, 3.8) is 0 Å². The van der Waals surface area contributed by atoms with Crippen molar-refractivity contribution in [3.05, 3.63) is 41.0 Å². The number of benzene rings is 1. The molecular formula is C12H11BrN2O2S2. The molecule has 0 unspecified atom stereocenters. The maximum atomic E-state index is 11.4. The van der Waals surface area contributed by atoms with E-state index < -0.39 is 9.84 Å². The first-order chi connectivity index (χ1) is 8.88. The lowest BCUT2D eigenvalue weighted by Gasteiger charge is -2.07. The summed E-state index contributed by atoms with van der Waals surface area (Å²) in [7, 11) is -3.24. The van der Waals surface area contributed by atoms with E-state index in [0.29, 0.717) is 5.69 Å². The van der Waals surface area contributed by atoms with Gasteiger partial charge in [0.1, 0.15) is 5.03 Å². The summed E-state index contributed by atoms with van der Waals surface area (Å²) in [5.41, 5.74) is 6.31. The zero-order valence-corrected chi connectivity index (χ0v) is 13.2. The molecule has 0 bridgehead atoms. The average Bonchev–Trinajstić information content (AvgIpc) is 2.33. The monoisotopic (exact) mass is 358 g/mol. The van der Waals surface area contributed by atoms with Crippen molar-refractivity contribution in [2.45, 2.75) is 14.8 Å².